The number of benzene rings is 1. The SMILES string of the molecule is Cc1cc(F)ccc1-c1ncc(N2CCN(C(=O)c3ccno3)CC2)nc1-c1ccncc1Cl. The van der Waals surface area contributed by atoms with E-state index in [9.17, 15) is 9.18 Å². The zero-order chi connectivity index (χ0) is 23.7. The van der Waals surface area contributed by atoms with Crippen molar-refractivity contribution in [3.8, 4) is 22.5 Å². The van der Waals surface area contributed by atoms with Crippen LogP contribution in [0, 0.1) is 12.7 Å². The molecule has 0 radical (unpaired) electrons. The molecule has 0 atom stereocenters. The van der Waals surface area contributed by atoms with E-state index in [-0.39, 0.29) is 17.5 Å². The summed E-state index contributed by atoms with van der Waals surface area (Å²) in [7, 11) is 0. The predicted molar refractivity (Wildman–Crippen MR) is 125 cm³/mol. The van der Waals surface area contributed by atoms with Gasteiger partial charge in [0.2, 0.25) is 5.76 Å². The van der Waals surface area contributed by atoms with E-state index in [0.29, 0.717) is 54.0 Å². The lowest BCUT2D eigenvalue weighted by molar-refractivity contribution is 0.0704. The van der Waals surface area contributed by atoms with E-state index in [1.807, 2.05) is 6.92 Å². The molecule has 172 valence electrons. The van der Waals surface area contributed by atoms with Crippen LogP contribution in [-0.4, -0.2) is 57.1 Å². The minimum Gasteiger partial charge on any atom is -0.352 e. The van der Waals surface area contributed by atoms with Crippen LogP contribution in [0.25, 0.3) is 22.5 Å². The summed E-state index contributed by atoms with van der Waals surface area (Å²) in [5.74, 6) is 0.390. The summed E-state index contributed by atoms with van der Waals surface area (Å²) in [5, 5.41) is 4.05. The van der Waals surface area contributed by atoms with Crippen LogP contribution in [0.2, 0.25) is 5.02 Å². The van der Waals surface area contributed by atoms with Gasteiger partial charge in [-0.2, -0.15) is 0 Å². The number of aryl methyl sites for hydroxylation is 1. The van der Waals surface area contributed by atoms with Crippen molar-refractivity contribution < 1.29 is 13.7 Å². The van der Waals surface area contributed by atoms with E-state index in [1.54, 1.807) is 41.7 Å². The molecular weight excluding hydrogens is 459 g/mol. The number of carbonyl (C=O) groups excluding carboxylic acids is 1. The number of anilines is 1. The lowest BCUT2D eigenvalue weighted by Gasteiger charge is -2.35. The highest BCUT2D eigenvalue weighted by Crippen LogP contribution is 2.35. The van der Waals surface area contributed by atoms with E-state index in [1.165, 1.54) is 18.3 Å². The van der Waals surface area contributed by atoms with Crippen LogP contribution in [0.1, 0.15) is 16.1 Å². The summed E-state index contributed by atoms with van der Waals surface area (Å²) in [5.41, 5.74) is 3.39. The van der Waals surface area contributed by atoms with Gasteiger partial charge in [-0.1, -0.05) is 16.8 Å². The topological polar surface area (TPSA) is 88.3 Å². The summed E-state index contributed by atoms with van der Waals surface area (Å²) in [4.78, 5) is 30.0. The number of aromatic nitrogens is 4. The van der Waals surface area contributed by atoms with Crippen LogP contribution in [0.3, 0.4) is 0 Å². The van der Waals surface area contributed by atoms with Gasteiger partial charge in [0.05, 0.1) is 23.1 Å². The molecule has 10 heteroatoms. The molecule has 0 unspecified atom stereocenters. The second kappa shape index (κ2) is 9.18. The molecule has 1 aliphatic heterocycles. The maximum atomic E-state index is 13.7. The van der Waals surface area contributed by atoms with Gasteiger partial charge in [-0.25, -0.2) is 9.37 Å². The van der Waals surface area contributed by atoms with Crippen molar-refractivity contribution in [2.75, 3.05) is 31.1 Å². The average molecular weight is 479 g/mol. The minimum absolute atomic E-state index is 0.186. The van der Waals surface area contributed by atoms with Crippen LogP contribution >= 0.6 is 11.6 Å². The van der Waals surface area contributed by atoms with Crippen LogP contribution < -0.4 is 4.90 Å². The Morgan fingerprint density at radius 2 is 1.85 bits per heavy atom. The van der Waals surface area contributed by atoms with Crippen LogP contribution in [0.5, 0.6) is 0 Å². The Balaban J connectivity index is 1.47. The molecular formula is C24H20ClFN6O2. The molecule has 0 saturated carbocycles. The molecule has 1 saturated heterocycles. The van der Waals surface area contributed by atoms with Crippen molar-refractivity contribution >= 4 is 23.3 Å². The fraction of sp³-hybridized carbons (Fsp3) is 0.208. The molecule has 34 heavy (non-hydrogen) atoms. The Labute approximate surface area is 200 Å². The summed E-state index contributed by atoms with van der Waals surface area (Å²) in [6.45, 7) is 3.99. The van der Waals surface area contributed by atoms with Gasteiger partial charge in [0.1, 0.15) is 17.3 Å². The molecule has 5 rings (SSSR count). The second-order valence-electron chi connectivity index (χ2n) is 7.90. The summed E-state index contributed by atoms with van der Waals surface area (Å²) < 4.78 is 18.7. The van der Waals surface area contributed by atoms with E-state index < -0.39 is 0 Å². The molecule has 1 fully saturated rings. The van der Waals surface area contributed by atoms with Crippen molar-refractivity contribution in [2.45, 2.75) is 6.92 Å². The van der Waals surface area contributed by atoms with Crippen molar-refractivity contribution in [3.63, 3.8) is 0 Å². The largest absolute Gasteiger partial charge is 0.352 e. The molecule has 8 nitrogen and oxygen atoms in total. The van der Waals surface area contributed by atoms with Gasteiger partial charge < -0.3 is 14.3 Å². The van der Waals surface area contributed by atoms with E-state index in [4.69, 9.17) is 26.1 Å². The molecule has 0 N–H and O–H groups in total. The third-order valence-corrected chi connectivity index (χ3v) is 6.07. The van der Waals surface area contributed by atoms with Crippen molar-refractivity contribution in [1.82, 2.24) is 25.0 Å². The first-order valence-electron chi connectivity index (χ1n) is 10.7. The van der Waals surface area contributed by atoms with Crippen LogP contribution in [0.15, 0.2) is 59.6 Å². The Hall–Kier alpha value is -3.85. The van der Waals surface area contributed by atoms with Crippen LogP contribution in [0.4, 0.5) is 10.2 Å². The number of carbonyl (C=O) groups is 1. The molecule has 0 spiro atoms. The zero-order valence-electron chi connectivity index (χ0n) is 18.3. The number of nitrogens with zero attached hydrogens (tertiary/aromatic N) is 6. The number of rotatable bonds is 4. The Kier molecular flexibility index (Phi) is 5.93. The summed E-state index contributed by atoms with van der Waals surface area (Å²) in [6.07, 6.45) is 6.35. The predicted octanol–water partition coefficient (Wildman–Crippen LogP) is 4.26. The minimum atomic E-state index is -0.313. The lowest BCUT2D eigenvalue weighted by Crippen LogP contribution is -2.49. The number of piperazine rings is 1. The van der Waals surface area contributed by atoms with E-state index in [0.717, 1.165) is 11.1 Å². The zero-order valence-corrected chi connectivity index (χ0v) is 19.0. The summed E-state index contributed by atoms with van der Waals surface area (Å²) in [6, 6.07) is 7.91. The molecule has 0 aliphatic carbocycles. The van der Waals surface area contributed by atoms with Crippen molar-refractivity contribution in [3.05, 3.63) is 77.3 Å². The van der Waals surface area contributed by atoms with E-state index in [2.05, 4.69) is 15.0 Å². The van der Waals surface area contributed by atoms with Gasteiger partial charge in [0.15, 0.2) is 0 Å². The molecule has 4 heterocycles. The Morgan fingerprint density at radius 1 is 1.03 bits per heavy atom. The monoisotopic (exact) mass is 478 g/mol. The first-order valence-corrected chi connectivity index (χ1v) is 11.1. The number of amides is 1. The van der Waals surface area contributed by atoms with Crippen LogP contribution in [-0.2, 0) is 0 Å². The van der Waals surface area contributed by atoms with Gasteiger partial charge in [0, 0.05) is 55.8 Å². The van der Waals surface area contributed by atoms with Gasteiger partial charge >= 0.3 is 0 Å². The third kappa shape index (κ3) is 4.22. The molecule has 1 aliphatic rings. The number of hydrogen-bond donors (Lipinski definition) is 0. The second-order valence-corrected chi connectivity index (χ2v) is 8.30. The Bertz CT molecular complexity index is 1340. The average Bonchev–Trinajstić information content (AvgIpc) is 3.39. The van der Waals surface area contributed by atoms with Crippen molar-refractivity contribution in [2.24, 2.45) is 0 Å². The maximum Gasteiger partial charge on any atom is 0.292 e. The standard InChI is InChI=1S/C24H20ClFN6O2/c1-15-12-16(26)2-3-17(15)22-23(18-4-6-27-13-19(18)25)30-21(14-28-22)31-8-10-32(11-9-31)24(33)20-5-7-29-34-20/h2-7,12-14H,8-11H2,1H3. The molecule has 1 amide bonds. The molecule has 3 aromatic heterocycles. The highest BCUT2D eigenvalue weighted by atomic mass is 35.5. The van der Waals surface area contributed by atoms with Gasteiger partial charge in [0.25, 0.3) is 5.91 Å². The normalized spacial score (nSPS) is 13.9. The Morgan fingerprint density at radius 3 is 2.56 bits per heavy atom. The fourth-order valence-corrected chi connectivity index (χ4v) is 4.21. The van der Waals surface area contributed by atoms with Gasteiger partial charge in [-0.3, -0.25) is 14.8 Å². The number of pyridine rings is 1. The fourth-order valence-electron chi connectivity index (χ4n) is 4.00. The summed E-state index contributed by atoms with van der Waals surface area (Å²) >= 11 is 6.46. The number of hydrogen-bond acceptors (Lipinski definition) is 7. The van der Waals surface area contributed by atoms with Gasteiger partial charge in [-0.15, -0.1) is 0 Å². The highest BCUT2D eigenvalue weighted by Gasteiger charge is 2.26. The molecule has 0 bridgehead atoms. The van der Waals surface area contributed by atoms with Crippen molar-refractivity contribution in [1.29, 1.82) is 0 Å². The first-order chi connectivity index (χ1) is 16.5. The lowest BCUT2D eigenvalue weighted by atomic mass is 10.0. The first kappa shape index (κ1) is 22.0. The van der Waals surface area contributed by atoms with E-state index >= 15 is 0 Å². The smallest absolute Gasteiger partial charge is 0.292 e. The molecule has 1 aromatic carbocycles. The third-order valence-electron chi connectivity index (χ3n) is 5.77. The van der Waals surface area contributed by atoms with Gasteiger partial charge in [-0.05, 0) is 36.8 Å². The quantitative estimate of drug-likeness (QED) is 0.433. The highest BCUT2D eigenvalue weighted by molar-refractivity contribution is 6.33. The molecule has 4 aromatic rings. The number of halogens is 2. The maximum absolute atomic E-state index is 13.7.